The second kappa shape index (κ2) is 7.85. The summed E-state index contributed by atoms with van der Waals surface area (Å²) in [6.07, 6.45) is 3.82. The predicted molar refractivity (Wildman–Crippen MR) is 99.8 cm³/mol. The first-order chi connectivity index (χ1) is 12.2. The van der Waals surface area contributed by atoms with Crippen molar-refractivity contribution in [3.63, 3.8) is 0 Å². The van der Waals surface area contributed by atoms with Crippen LogP contribution in [-0.2, 0) is 16.0 Å². The van der Waals surface area contributed by atoms with E-state index in [0.29, 0.717) is 5.56 Å². The molecule has 0 saturated carbocycles. The van der Waals surface area contributed by atoms with E-state index >= 15 is 0 Å². The van der Waals surface area contributed by atoms with Crippen LogP contribution >= 0.6 is 11.3 Å². The quantitative estimate of drug-likeness (QED) is 0.377. The Kier molecular flexibility index (Phi) is 5.36. The van der Waals surface area contributed by atoms with Gasteiger partial charge in [-0.3, -0.25) is 4.79 Å². The number of ketones is 1. The maximum absolute atomic E-state index is 12.0. The third-order valence-corrected chi connectivity index (χ3v) is 4.70. The third-order valence-electron chi connectivity index (χ3n) is 3.70. The Balaban J connectivity index is 1.55. The molecule has 3 rings (SSSR count). The Labute approximate surface area is 149 Å². The molecule has 3 aromatic rings. The van der Waals surface area contributed by atoms with Gasteiger partial charge in [0.2, 0.25) is 0 Å². The van der Waals surface area contributed by atoms with Crippen LogP contribution in [0.3, 0.4) is 0 Å². The minimum absolute atomic E-state index is 0.218. The van der Waals surface area contributed by atoms with Crippen LogP contribution in [0.2, 0.25) is 0 Å². The standard InChI is InChI=1S/C20H17NO3S/c1-2-14-7-9-15(10-8-14)17(22)13-24-20(23)12-11-19-21-16-5-3-4-6-18(16)25-19/h3-12H,2,13H2,1H3/b12-11+. The number of hydrogen-bond donors (Lipinski definition) is 0. The van der Waals surface area contributed by atoms with Gasteiger partial charge in [-0.2, -0.15) is 0 Å². The van der Waals surface area contributed by atoms with E-state index in [1.54, 1.807) is 18.2 Å². The van der Waals surface area contributed by atoms with Gasteiger partial charge in [-0.1, -0.05) is 43.3 Å². The molecule has 0 aliphatic carbocycles. The number of thiazole rings is 1. The zero-order chi connectivity index (χ0) is 17.6. The number of nitrogens with zero attached hydrogens (tertiary/aromatic N) is 1. The van der Waals surface area contributed by atoms with Crippen LogP contribution in [-0.4, -0.2) is 23.3 Å². The number of Topliss-reactive ketones (excluding diaryl/α,β-unsaturated/α-hetero) is 1. The molecule has 0 amide bonds. The molecule has 0 atom stereocenters. The Morgan fingerprint density at radius 1 is 1.12 bits per heavy atom. The second-order valence-electron chi connectivity index (χ2n) is 5.43. The maximum atomic E-state index is 12.0. The van der Waals surface area contributed by atoms with Crippen LogP contribution in [0.1, 0.15) is 27.9 Å². The lowest BCUT2D eigenvalue weighted by Crippen LogP contribution is -2.12. The summed E-state index contributed by atoms with van der Waals surface area (Å²) in [6, 6.07) is 15.1. The van der Waals surface area contributed by atoms with Crippen molar-refractivity contribution in [2.24, 2.45) is 0 Å². The average molecular weight is 351 g/mol. The predicted octanol–water partition coefficient (Wildman–Crippen LogP) is 4.30. The first-order valence-electron chi connectivity index (χ1n) is 7.98. The number of carbonyl (C=O) groups excluding carboxylic acids is 2. The fraction of sp³-hybridized carbons (Fsp3) is 0.150. The smallest absolute Gasteiger partial charge is 0.331 e. The van der Waals surface area contributed by atoms with Gasteiger partial charge in [0.15, 0.2) is 12.4 Å². The van der Waals surface area contributed by atoms with Gasteiger partial charge in [0.1, 0.15) is 5.01 Å². The third kappa shape index (κ3) is 4.39. The van der Waals surface area contributed by atoms with Gasteiger partial charge < -0.3 is 4.74 Å². The van der Waals surface area contributed by atoms with E-state index in [-0.39, 0.29) is 12.4 Å². The molecular formula is C20H17NO3S. The molecule has 0 bridgehead atoms. The minimum Gasteiger partial charge on any atom is -0.454 e. The normalized spacial score (nSPS) is 11.1. The topological polar surface area (TPSA) is 56.3 Å². The lowest BCUT2D eigenvalue weighted by Gasteiger charge is -2.03. The minimum atomic E-state index is -0.558. The summed E-state index contributed by atoms with van der Waals surface area (Å²) in [5.41, 5.74) is 2.60. The van der Waals surface area contributed by atoms with Crippen molar-refractivity contribution in [1.82, 2.24) is 4.98 Å². The zero-order valence-corrected chi connectivity index (χ0v) is 14.6. The van der Waals surface area contributed by atoms with Crippen molar-refractivity contribution < 1.29 is 14.3 Å². The Morgan fingerprint density at radius 3 is 2.60 bits per heavy atom. The molecule has 0 spiro atoms. The summed E-state index contributed by atoms with van der Waals surface area (Å²) in [4.78, 5) is 28.2. The molecule has 1 aromatic heterocycles. The van der Waals surface area contributed by atoms with E-state index in [2.05, 4.69) is 11.9 Å². The van der Waals surface area contributed by atoms with Crippen molar-refractivity contribution in [3.8, 4) is 0 Å². The molecule has 0 N–H and O–H groups in total. The number of benzene rings is 2. The van der Waals surface area contributed by atoms with E-state index in [4.69, 9.17) is 4.74 Å². The molecule has 0 aliphatic rings. The fourth-order valence-electron chi connectivity index (χ4n) is 2.30. The Bertz CT molecular complexity index is 893. The number of rotatable bonds is 6. The highest BCUT2D eigenvalue weighted by Gasteiger charge is 2.08. The number of carbonyl (C=O) groups is 2. The Hall–Kier alpha value is -2.79. The first-order valence-corrected chi connectivity index (χ1v) is 8.80. The van der Waals surface area contributed by atoms with Gasteiger partial charge in [0, 0.05) is 11.6 Å². The molecule has 0 aliphatic heterocycles. The van der Waals surface area contributed by atoms with Gasteiger partial charge in [-0.05, 0) is 30.2 Å². The second-order valence-corrected chi connectivity index (χ2v) is 6.50. The maximum Gasteiger partial charge on any atom is 0.331 e. The molecule has 5 heteroatoms. The van der Waals surface area contributed by atoms with Crippen LogP contribution in [0.25, 0.3) is 16.3 Å². The molecule has 0 radical (unpaired) electrons. The van der Waals surface area contributed by atoms with Gasteiger partial charge in [0.05, 0.1) is 10.2 Å². The van der Waals surface area contributed by atoms with E-state index in [0.717, 1.165) is 27.2 Å². The van der Waals surface area contributed by atoms with Gasteiger partial charge in [-0.15, -0.1) is 11.3 Å². The van der Waals surface area contributed by atoms with E-state index < -0.39 is 5.97 Å². The lowest BCUT2D eigenvalue weighted by atomic mass is 10.1. The van der Waals surface area contributed by atoms with Crippen LogP contribution in [0.4, 0.5) is 0 Å². The van der Waals surface area contributed by atoms with Crippen LogP contribution in [0.5, 0.6) is 0 Å². The Morgan fingerprint density at radius 2 is 1.88 bits per heavy atom. The van der Waals surface area contributed by atoms with Crippen LogP contribution in [0, 0.1) is 0 Å². The number of ether oxygens (including phenoxy) is 1. The zero-order valence-electron chi connectivity index (χ0n) is 13.8. The number of esters is 1. The summed E-state index contributed by atoms with van der Waals surface area (Å²) >= 11 is 1.49. The molecule has 0 saturated heterocycles. The van der Waals surface area contributed by atoms with E-state index in [9.17, 15) is 9.59 Å². The van der Waals surface area contributed by atoms with Crippen molar-refractivity contribution >= 4 is 39.4 Å². The summed E-state index contributed by atoms with van der Waals surface area (Å²) < 4.78 is 6.07. The number of para-hydroxylation sites is 1. The lowest BCUT2D eigenvalue weighted by molar-refractivity contribution is -0.136. The molecule has 0 unspecified atom stereocenters. The summed E-state index contributed by atoms with van der Waals surface area (Å²) in [5.74, 6) is -0.776. The van der Waals surface area contributed by atoms with Crippen molar-refractivity contribution in [3.05, 3.63) is 70.7 Å². The molecular weight excluding hydrogens is 334 g/mol. The molecule has 25 heavy (non-hydrogen) atoms. The largest absolute Gasteiger partial charge is 0.454 e. The van der Waals surface area contributed by atoms with E-state index in [1.807, 2.05) is 36.4 Å². The number of hydrogen-bond acceptors (Lipinski definition) is 5. The molecule has 4 nitrogen and oxygen atoms in total. The van der Waals surface area contributed by atoms with Crippen molar-refractivity contribution in [2.75, 3.05) is 6.61 Å². The monoisotopic (exact) mass is 351 g/mol. The first kappa shape index (κ1) is 17.0. The van der Waals surface area contributed by atoms with Crippen LogP contribution < -0.4 is 0 Å². The van der Waals surface area contributed by atoms with Crippen molar-refractivity contribution in [2.45, 2.75) is 13.3 Å². The summed E-state index contributed by atoms with van der Waals surface area (Å²) in [6.45, 7) is 1.78. The molecule has 126 valence electrons. The number of fused-ring (bicyclic) bond motifs is 1. The fourth-order valence-corrected chi connectivity index (χ4v) is 3.17. The van der Waals surface area contributed by atoms with Crippen molar-refractivity contribution in [1.29, 1.82) is 0 Å². The van der Waals surface area contributed by atoms with Crippen LogP contribution in [0.15, 0.2) is 54.6 Å². The highest BCUT2D eigenvalue weighted by Crippen LogP contribution is 2.22. The van der Waals surface area contributed by atoms with Gasteiger partial charge >= 0.3 is 5.97 Å². The summed E-state index contributed by atoms with van der Waals surface area (Å²) in [5, 5.41) is 0.722. The number of aryl methyl sites for hydroxylation is 1. The summed E-state index contributed by atoms with van der Waals surface area (Å²) in [7, 11) is 0. The number of aromatic nitrogens is 1. The average Bonchev–Trinajstić information content (AvgIpc) is 3.07. The molecule has 1 heterocycles. The molecule has 0 fully saturated rings. The van der Waals surface area contributed by atoms with Gasteiger partial charge in [0.25, 0.3) is 0 Å². The van der Waals surface area contributed by atoms with Gasteiger partial charge in [-0.25, -0.2) is 9.78 Å². The van der Waals surface area contributed by atoms with E-state index in [1.165, 1.54) is 17.4 Å². The SMILES string of the molecule is CCc1ccc(C(=O)COC(=O)/C=C/c2nc3ccccc3s2)cc1. The highest BCUT2D eigenvalue weighted by atomic mass is 32.1. The molecule has 2 aromatic carbocycles. The highest BCUT2D eigenvalue weighted by molar-refractivity contribution is 7.19.